The van der Waals surface area contributed by atoms with Crippen molar-refractivity contribution >= 4 is 22.9 Å². The molecule has 3 nitrogen and oxygen atoms in total. The van der Waals surface area contributed by atoms with Gasteiger partial charge in [0, 0.05) is 40.5 Å². The van der Waals surface area contributed by atoms with Crippen LogP contribution in [0.25, 0.3) is 0 Å². The Labute approximate surface area is 124 Å². The minimum atomic E-state index is -0.0200. The molecular weight excluding hydrogens is 268 g/mol. The highest BCUT2D eigenvalue weighted by Gasteiger charge is 2.11. The van der Waals surface area contributed by atoms with Crippen molar-refractivity contribution in [3.8, 4) is 0 Å². The molecule has 0 spiro atoms. The van der Waals surface area contributed by atoms with E-state index in [1.165, 1.54) is 9.75 Å². The molecule has 1 atom stereocenters. The van der Waals surface area contributed by atoms with E-state index < -0.39 is 0 Å². The van der Waals surface area contributed by atoms with Crippen LogP contribution in [0.1, 0.15) is 27.0 Å². The Bertz CT molecular complexity index is 574. The molecule has 4 heteroatoms. The van der Waals surface area contributed by atoms with Crippen molar-refractivity contribution in [2.75, 3.05) is 12.4 Å². The summed E-state index contributed by atoms with van der Waals surface area (Å²) in [6.45, 7) is 4.13. The molecule has 0 aliphatic heterocycles. The van der Waals surface area contributed by atoms with Crippen molar-refractivity contribution in [1.29, 1.82) is 0 Å². The van der Waals surface area contributed by atoms with Crippen LogP contribution in [-0.2, 0) is 6.42 Å². The maximum Gasteiger partial charge on any atom is 0.251 e. The van der Waals surface area contributed by atoms with Crippen molar-refractivity contribution in [3.63, 3.8) is 0 Å². The number of hydrogen-bond acceptors (Lipinski definition) is 3. The zero-order valence-electron chi connectivity index (χ0n) is 12.1. The predicted octanol–water partition coefficient (Wildman–Crippen LogP) is 3.46. The Morgan fingerprint density at radius 2 is 1.90 bits per heavy atom. The van der Waals surface area contributed by atoms with E-state index in [-0.39, 0.29) is 11.9 Å². The SMILES string of the molecule is CNc1ccc(C(=O)NC(C)Cc2ccc(C)s2)cc1. The molecule has 2 aromatic rings. The van der Waals surface area contributed by atoms with Crippen LogP contribution in [0.15, 0.2) is 36.4 Å². The molecule has 1 heterocycles. The van der Waals surface area contributed by atoms with Gasteiger partial charge in [0.2, 0.25) is 0 Å². The zero-order chi connectivity index (χ0) is 14.5. The highest BCUT2D eigenvalue weighted by Crippen LogP contribution is 2.17. The van der Waals surface area contributed by atoms with Crippen LogP contribution in [0, 0.1) is 6.92 Å². The van der Waals surface area contributed by atoms with Crippen LogP contribution >= 0.6 is 11.3 Å². The van der Waals surface area contributed by atoms with Gasteiger partial charge in [-0.05, 0) is 50.2 Å². The maximum absolute atomic E-state index is 12.1. The quantitative estimate of drug-likeness (QED) is 0.884. The topological polar surface area (TPSA) is 41.1 Å². The van der Waals surface area contributed by atoms with Gasteiger partial charge < -0.3 is 10.6 Å². The lowest BCUT2D eigenvalue weighted by atomic mass is 10.1. The monoisotopic (exact) mass is 288 g/mol. The first-order valence-electron chi connectivity index (χ1n) is 6.72. The molecule has 1 unspecified atom stereocenters. The second kappa shape index (κ2) is 6.57. The number of benzene rings is 1. The average Bonchev–Trinajstić information content (AvgIpc) is 2.84. The number of rotatable bonds is 5. The molecule has 106 valence electrons. The third-order valence-corrected chi connectivity index (χ3v) is 4.14. The van der Waals surface area contributed by atoms with Crippen LogP contribution in [0.4, 0.5) is 5.69 Å². The molecule has 1 aromatic carbocycles. The highest BCUT2D eigenvalue weighted by molar-refractivity contribution is 7.11. The number of aryl methyl sites for hydroxylation is 1. The predicted molar refractivity (Wildman–Crippen MR) is 85.7 cm³/mol. The van der Waals surface area contributed by atoms with Crippen LogP contribution in [-0.4, -0.2) is 19.0 Å². The third-order valence-electron chi connectivity index (χ3n) is 3.12. The molecule has 0 saturated heterocycles. The summed E-state index contributed by atoms with van der Waals surface area (Å²) < 4.78 is 0. The van der Waals surface area contributed by atoms with Crippen molar-refractivity contribution < 1.29 is 4.79 Å². The Morgan fingerprint density at radius 1 is 1.20 bits per heavy atom. The molecule has 0 radical (unpaired) electrons. The van der Waals surface area contributed by atoms with Crippen LogP contribution in [0.3, 0.4) is 0 Å². The molecule has 2 rings (SSSR count). The summed E-state index contributed by atoms with van der Waals surface area (Å²) in [4.78, 5) is 14.7. The van der Waals surface area contributed by atoms with Gasteiger partial charge in [-0.2, -0.15) is 0 Å². The summed E-state index contributed by atoms with van der Waals surface area (Å²) >= 11 is 1.78. The van der Waals surface area contributed by atoms with E-state index in [1.54, 1.807) is 11.3 Å². The molecule has 1 amide bonds. The van der Waals surface area contributed by atoms with Crippen molar-refractivity contribution in [2.45, 2.75) is 26.3 Å². The fourth-order valence-corrected chi connectivity index (χ4v) is 3.06. The molecule has 20 heavy (non-hydrogen) atoms. The molecule has 1 aromatic heterocycles. The molecule has 0 saturated carbocycles. The fraction of sp³-hybridized carbons (Fsp3) is 0.312. The van der Waals surface area contributed by atoms with Crippen molar-refractivity contribution in [1.82, 2.24) is 5.32 Å². The Morgan fingerprint density at radius 3 is 2.45 bits per heavy atom. The van der Waals surface area contributed by atoms with E-state index in [2.05, 4.69) is 29.7 Å². The maximum atomic E-state index is 12.1. The molecule has 2 N–H and O–H groups in total. The van der Waals surface area contributed by atoms with Gasteiger partial charge in [0.05, 0.1) is 0 Å². The van der Waals surface area contributed by atoms with Gasteiger partial charge in [-0.3, -0.25) is 4.79 Å². The standard InChI is InChI=1S/C16H20N2OS/c1-11(10-15-9-4-12(2)20-15)18-16(19)13-5-7-14(17-3)8-6-13/h4-9,11,17H,10H2,1-3H3,(H,18,19). The summed E-state index contributed by atoms with van der Waals surface area (Å²) in [6, 6.07) is 11.9. The second-order valence-corrected chi connectivity index (χ2v) is 6.29. The summed E-state index contributed by atoms with van der Waals surface area (Å²) in [7, 11) is 1.86. The van der Waals surface area contributed by atoms with Crippen LogP contribution in [0.2, 0.25) is 0 Å². The van der Waals surface area contributed by atoms with Gasteiger partial charge in [0.25, 0.3) is 5.91 Å². The number of thiophene rings is 1. The number of amides is 1. The Kier molecular flexibility index (Phi) is 4.79. The van der Waals surface area contributed by atoms with Crippen LogP contribution in [0.5, 0.6) is 0 Å². The van der Waals surface area contributed by atoms with E-state index >= 15 is 0 Å². The number of anilines is 1. The van der Waals surface area contributed by atoms with Gasteiger partial charge in [-0.25, -0.2) is 0 Å². The number of nitrogens with one attached hydrogen (secondary N) is 2. The van der Waals surface area contributed by atoms with E-state index in [0.29, 0.717) is 5.56 Å². The normalized spacial score (nSPS) is 11.9. The first kappa shape index (κ1) is 14.6. The zero-order valence-corrected chi connectivity index (χ0v) is 12.9. The molecular formula is C16H20N2OS. The number of carbonyl (C=O) groups is 1. The summed E-state index contributed by atoms with van der Waals surface area (Å²) in [6.07, 6.45) is 0.874. The van der Waals surface area contributed by atoms with Crippen LogP contribution < -0.4 is 10.6 Å². The smallest absolute Gasteiger partial charge is 0.251 e. The van der Waals surface area contributed by atoms with Gasteiger partial charge in [0.15, 0.2) is 0 Å². The first-order chi connectivity index (χ1) is 9.58. The van der Waals surface area contributed by atoms with Gasteiger partial charge >= 0.3 is 0 Å². The van der Waals surface area contributed by atoms with Gasteiger partial charge in [0.1, 0.15) is 0 Å². The third kappa shape index (κ3) is 3.84. The lowest BCUT2D eigenvalue weighted by Gasteiger charge is -2.13. The molecule has 0 aliphatic rings. The number of hydrogen-bond donors (Lipinski definition) is 2. The van der Waals surface area contributed by atoms with Gasteiger partial charge in [-0.15, -0.1) is 11.3 Å². The fourth-order valence-electron chi connectivity index (χ4n) is 2.04. The van der Waals surface area contributed by atoms with E-state index in [9.17, 15) is 4.79 Å². The Hall–Kier alpha value is -1.81. The van der Waals surface area contributed by atoms with E-state index in [1.807, 2.05) is 38.2 Å². The average molecular weight is 288 g/mol. The largest absolute Gasteiger partial charge is 0.388 e. The molecule has 0 aliphatic carbocycles. The van der Waals surface area contributed by atoms with E-state index in [4.69, 9.17) is 0 Å². The summed E-state index contributed by atoms with van der Waals surface area (Å²) in [5.41, 5.74) is 1.70. The lowest BCUT2D eigenvalue weighted by Crippen LogP contribution is -2.33. The first-order valence-corrected chi connectivity index (χ1v) is 7.54. The lowest BCUT2D eigenvalue weighted by molar-refractivity contribution is 0.0940. The number of carbonyl (C=O) groups excluding carboxylic acids is 1. The Balaban J connectivity index is 1.92. The minimum absolute atomic E-state index is 0.0200. The van der Waals surface area contributed by atoms with Crippen molar-refractivity contribution in [2.24, 2.45) is 0 Å². The highest BCUT2D eigenvalue weighted by atomic mass is 32.1. The van der Waals surface area contributed by atoms with E-state index in [0.717, 1.165) is 12.1 Å². The second-order valence-electron chi connectivity index (χ2n) is 4.92. The molecule has 0 fully saturated rings. The van der Waals surface area contributed by atoms with Gasteiger partial charge in [-0.1, -0.05) is 0 Å². The van der Waals surface area contributed by atoms with Crippen molar-refractivity contribution in [3.05, 3.63) is 51.7 Å². The molecule has 0 bridgehead atoms. The minimum Gasteiger partial charge on any atom is -0.388 e. The summed E-state index contributed by atoms with van der Waals surface area (Å²) in [5, 5.41) is 6.08. The summed E-state index contributed by atoms with van der Waals surface area (Å²) in [5.74, 6) is -0.0200.